The molecule has 1 unspecified atom stereocenters. The molecule has 0 aromatic carbocycles. The number of aliphatic carboxylic acids is 1. The van der Waals surface area contributed by atoms with Crippen LogP contribution in [0.2, 0.25) is 0 Å². The first-order chi connectivity index (χ1) is 8.11. The molecule has 0 saturated heterocycles. The van der Waals surface area contributed by atoms with E-state index in [4.69, 9.17) is 10.4 Å². The molecule has 0 amide bonds. The van der Waals surface area contributed by atoms with E-state index in [1.54, 1.807) is 0 Å². The fourth-order valence-corrected chi connectivity index (χ4v) is 1.34. The minimum atomic E-state index is -0.782. The highest BCUT2D eigenvalue weighted by atomic mass is 16.4. The zero-order valence-corrected chi connectivity index (χ0v) is 9.55. The molecule has 17 heavy (non-hydrogen) atoms. The monoisotopic (exact) mass is 234 g/mol. The first-order valence-electron chi connectivity index (χ1n) is 5.32. The van der Waals surface area contributed by atoms with Crippen molar-refractivity contribution in [3.63, 3.8) is 0 Å². The summed E-state index contributed by atoms with van der Waals surface area (Å²) in [5.74, 6) is -0.192. The third-order valence-electron chi connectivity index (χ3n) is 2.19. The second kappa shape index (κ2) is 6.43. The van der Waals surface area contributed by atoms with Gasteiger partial charge in [-0.05, 0) is 19.8 Å². The number of hydrogen-bond donors (Lipinski definition) is 2. The molecule has 0 radical (unpaired) electrons. The fraction of sp³-hybridized carbons (Fsp3) is 0.455. The van der Waals surface area contributed by atoms with Crippen molar-refractivity contribution >= 4 is 11.8 Å². The summed E-state index contributed by atoms with van der Waals surface area (Å²) in [6.45, 7) is 1.95. The minimum absolute atomic E-state index is 0.122. The van der Waals surface area contributed by atoms with Gasteiger partial charge in [0.2, 0.25) is 0 Å². The third-order valence-corrected chi connectivity index (χ3v) is 2.19. The normalized spacial score (nSPS) is 11.5. The van der Waals surface area contributed by atoms with Gasteiger partial charge in [0, 0.05) is 12.5 Å². The Hall–Kier alpha value is -2.16. The van der Waals surface area contributed by atoms with E-state index in [2.05, 4.69) is 15.3 Å². The number of carboxylic acids is 1. The van der Waals surface area contributed by atoms with Gasteiger partial charge in [-0.15, -0.1) is 0 Å². The van der Waals surface area contributed by atoms with Crippen molar-refractivity contribution in [2.24, 2.45) is 0 Å². The lowest BCUT2D eigenvalue weighted by Crippen LogP contribution is -2.16. The number of aromatic nitrogens is 2. The van der Waals surface area contributed by atoms with E-state index in [1.165, 1.54) is 12.4 Å². The van der Waals surface area contributed by atoms with Crippen LogP contribution in [0.1, 0.15) is 31.9 Å². The first kappa shape index (κ1) is 12.9. The molecule has 0 bridgehead atoms. The van der Waals surface area contributed by atoms with Crippen molar-refractivity contribution in [3.05, 3.63) is 18.1 Å². The van der Waals surface area contributed by atoms with Crippen molar-refractivity contribution in [2.75, 3.05) is 5.32 Å². The summed E-state index contributed by atoms with van der Waals surface area (Å²) in [5.41, 5.74) is 0.272. The first-order valence-corrected chi connectivity index (χ1v) is 5.32. The summed E-state index contributed by atoms with van der Waals surface area (Å²) in [6, 6.07) is 2.01. The van der Waals surface area contributed by atoms with Crippen LogP contribution >= 0.6 is 0 Å². The molecule has 0 aliphatic carbocycles. The maximum Gasteiger partial charge on any atom is 0.303 e. The minimum Gasteiger partial charge on any atom is -0.481 e. The van der Waals surface area contributed by atoms with Crippen molar-refractivity contribution in [2.45, 2.75) is 32.2 Å². The number of nitriles is 1. The molecule has 6 heteroatoms. The van der Waals surface area contributed by atoms with E-state index >= 15 is 0 Å². The average molecular weight is 234 g/mol. The highest BCUT2D eigenvalue weighted by molar-refractivity contribution is 5.66. The number of nitrogens with one attached hydrogen (secondary N) is 1. The van der Waals surface area contributed by atoms with Gasteiger partial charge in [0.1, 0.15) is 11.9 Å². The Labute approximate surface area is 99.3 Å². The van der Waals surface area contributed by atoms with E-state index in [0.29, 0.717) is 12.2 Å². The Morgan fingerprint density at radius 3 is 2.88 bits per heavy atom. The van der Waals surface area contributed by atoms with Gasteiger partial charge in [-0.25, -0.2) is 9.97 Å². The Morgan fingerprint density at radius 1 is 1.59 bits per heavy atom. The molecular formula is C11H14N4O2. The summed E-state index contributed by atoms with van der Waals surface area (Å²) in [6.07, 6.45) is 4.42. The van der Waals surface area contributed by atoms with E-state index in [9.17, 15) is 4.79 Å². The molecule has 1 aromatic rings. The smallest absolute Gasteiger partial charge is 0.303 e. The van der Waals surface area contributed by atoms with Gasteiger partial charge >= 0.3 is 5.97 Å². The van der Waals surface area contributed by atoms with Crippen LogP contribution in [0.5, 0.6) is 0 Å². The molecule has 1 atom stereocenters. The topological polar surface area (TPSA) is 98.9 Å². The van der Waals surface area contributed by atoms with Gasteiger partial charge in [-0.1, -0.05) is 0 Å². The SMILES string of the molecule is CC(CCCC(=O)O)Nc1cnc(C#N)cn1. The van der Waals surface area contributed by atoms with Crippen LogP contribution in [0.4, 0.5) is 5.82 Å². The number of hydrogen-bond acceptors (Lipinski definition) is 5. The largest absolute Gasteiger partial charge is 0.481 e. The van der Waals surface area contributed by atoms with Gasteiger partial charge in [-0.3, -0.25) is 4.79 Å². The van der Waals surface area contributed by atoms with E-state index in [1.807, 2.05) is 13.0 Å². The van der Waals surface area contributed by atoms with Crippen molar-refractivity contribution in [3.8, 4) is 6.07 Å². The lowest BCUT2D eigenvalue weighted by Gasteiger charge is -2.13. The van der Waals surface area contributed by atoms with Crippen LogP contribution in [0.3, 0.4) is 0 Å². The summed E-state index contributed by atoms with van der Waals surface area (Å²) in [7, 11) is 0. The third kappa shape index (κ3) is 4.93. The molecule has 0 spiro atoms. The molecular weight excluding hydrogens is 220 g/mol. The Morgan fingerprint density at radius 2 is 2.35 bits per heavy atom. The predicted octanol–water partition coefficient (Wildman–Crippen LogP) is 1.40. The lowest BCUT2D eigenvalue weighted by atomic mass is 10.1. The van der Waals surface area contributed by atoms with Crippen LogP contribution in [0, 0.1) is 11.3 Å². The average Bonchev–Trinajstić information content (AvgIpc) is 2.29. The van der Waals surface area contributed by atoms with Gasteiger partial charge in [-0.2, -0.15) is 5.26 Å². The van der Waals surface area contributed by atoms with Crippen LogP contribution in [0.25, 0.3) is 0 Å². The maximum atomic E-state index is 10.3. The summed E-state index contributed by atoms with van der Waals surface area (Å²) < 4.78 is 0. The van der Waals surface area contributed by atoms with Crippen LogP contribution in [-0.2, 0) is 4.79 Å². The molecule has 0 aliphatic heterocycles. The van der Waals surface area contributed by atoms with Gasteiger partial charge in [0.25, 0.3) is 0 Å². The number of anilines is 1. The molecule has 6 nitrogen and oxygen atoms in total. The van der Waals surface area contributed by atoms with E-state index in [0.717, 1.165) is 6.42 Å². The second-order valence-corrected chi connectivity index (χ2v) is 3.73. The van der Waals surface area contributed by atoms with Gasteiger partial charge < -0.3 is 10.4 Å². The van der Waals surface area contributed by atoms with Crippen molar-refractivity contribution in [1.82, 2.24) is 9.97 Å². The molecule has 0 aliphatic rings. The van der Waals surface area contributed by atoms with Crippen molar-refractivity contribution < 1.29 is 9.90 Å². The van der Waals surface area contributed by atoms with Crippen molar-refractivity contribution in [1.29, 1.82) is 5.26 Å². The molecule has 1 aromatic heterocycles. The Kier molecular flexibility index (Phi) is 4.88. The maximum absolute atomic E-state index is 10.3. The molecule has 1 rings (SSSR count). The zero-order chi connectivity index (χ0) is 12.7. The highest BCUT2D eigenvalue weighted by Crippen LogP contribution is 2.07. The molecule has 0 saturated carbocycles. The second-order valence-electron chi connectivity index (χ2n) is 3.73. The van der Waals surface area contributed by atoms with Crippen LogP contribution in [-0.4, -0.2) is 27.1 Å². The van der Waals surface area contributed by atoms with E-state index < -0.39 is 5.97 Å². The Bertz CT molecular complexity index is 410. The van der Waals surface area contributed by atoms with Gasteiger partial charge in [0.15, 0.2) is 5.69 Å². The van der Waals surface area contributed by atoms with Crippen LogP contribution < -0.4 is 5.32 Å². The number of carboxylic acid groups (broad SMARTS) is 1. The molecule has 0 fully saturated rings. The summed E-state index contributed by atoms with van der Waals surface area (Å²) >= 11 is 0. The predicted molar refractivity (Wildman–Crippen MR) is 61.3 cm³/mol. The number of nitrogens with zero attached hydrogens (tertiary/aromatic N) is 3. The standard InChI is InChI=1S/C11H14N4O2/c1-8(3-2-4-11(16)17)15-10-7-13-9(5-12)6-14-10/h6-8H,2-4H2,1H3,(H,14,15)(H,16,17). The van der Waals surface area contributed by atoms with E-state index in [-0.39, 0.29) is 18.2 Å². The molecule has 2 N–H and O–H groups in total. The number of carbonyl (C=O) groups is 1. The highest BCUT2D eigenvalue weighted by Gasteiger charge is 2.05. The summed E-state index contributed by atoms with van der Waals surface area (Å²) in [4.78, 5) is 18.2. The quantitative estimate of drug-likeness (QED) is 0.771. The van der Waals surface area contributed by atoms with Gasteiger partial charge in [0.05, 0.1) is 12.4 Å². The fourth-order valence-electron chi connectivity index (χ4n) is 1.34. The molecule has 90 valence electrons. The number of rotatable bonds is 6. The lowest BCUT2D eigenvalue weighted by molar-refractivity contribution is -0.137. The van der Waals surface area contributed by atoms with Crippen LogP contribution in [0.15, 0.2) is 12.4 Å². The Balaban J connectivity index is 2.37. The zero-order valence-electron chi connectivity index (χ0n) is 9.55. The summed E-state index contributed by atoms with van der Waals surface area (Å²) in [5, 5.41) is 20.1. The molecule has 1 heterocycles.